The summed E-state index contributed by atoms with van der Waals surface area (Å²) in [7, 11) is 0. The highest BCUT2D eigenvalue weighted by Crippen LogP contribution is 2.24. The Hall–Kier alpha value is -2.10. The zero-order valence-electron chi connectivity index (χ0n) is 11.7. The number of anilines is 1. The van der Waals surface area contributed by atoms with Gasteiger partial charge < -0.3 is 9.84 Å². The van der Waals surface area contributed by atoms with Crippen molar-refractivity contribution in [1.29, 1.82) is 0 Å². The highest BCUT2D eigenvalue weighted by atomic mass is 16.5. The maximum Gasteiger partial charge on any atom is 0.261 e. The van der Waals surface area contributed by atoms with Gasteiger partial charge in [-0.05, 0) is 31.4 Å². The predicted molar refractivity (Wildman–Crippen MR) is 74.5 cm³/mol. The van der Waals surface area contributed by atoms with Crippen molar-refractivity contribution in [2.45, 2.75) is 33.6 Å². The third-order valence-electron chi connectivity index (χ3n) is 3.09. The van der Waals surface area contributed by atoms with Crippen molar-refractivity contribution in [3.05, 3.63) is 46.8 Å². The van der Waals surface area contributed by atoms with Crippen LogP contribution in [0.4, 0.5) is 5.69 Å². The first-order valence-electron chi connectivity index (χ1n) is 6.34. The standard InChI is InChI=1S/C15H18N2O2/c1-9(2)12-7-5-6-8-13(12)16-15(18)14-10(3)17-19-11(14)4/h5-9H,1-4H3,(H,16,18). The molecule has 0 aliphatic carbocycles. The third kappa shape index (κ3) is 2.67. The maximum absolute atomic E-state index is 12.3. The quantitative estimate of drug-likeness (QED) is 0.913. The minimum Gasteiger partial charge on any atom is -0.361 e. The van der Waals surface area contributed by atoms with Crippen molar-refractivity contribution in [2.75, 3.05) is 5.32 Å². The normalized spacial score (nSPS) is 10.8. The Bertz CT molecular complexity index is 580. The number of hydrogen-bond acceptors (Lipinski definition) is 3. The van der Waals surface area contributed by atoms with Gasteiger partial charge in [-0.25, -0.2) is 0 Å². The van der Waals surface area contributed by atoms with Crippen LogP contribution in [0.5, 0.6) is 0 Å². The number of nitrogens with zero attached hydrogens (tertiary/aromatic N) is 1. The van der Waals surface area contributed by atoms with E-state index in [1.807, 2.05) is 24.3 Å². The minimum absolute atomic E-state index is 0.177. The first kappa shape index (κ1) is 13.3. The van der Waals surface area contributed by atoms with Gasteiger partial charge >= 0.3 is 0 Å². The van der Waals surface area contributed by atoms with Crippen LogP contribution >= 0.6 is 0 Å². The SMILES string of the molecule is Cc1noc(C)c1C(=O)Nc1ccccc1C(C)C. The Morgan fingerprint density at radius 2 is 1.95 bits per heavy atom. The van der Waals surface area contributed by atoms with Gasteiger partial charge in [0.15, 0.2) is 0 Å². The van der Waals surface area contributed by atoms with Gasteiger partial charge in [0.1, 0.15) is 11.3 Å². The number of para-hydroxylation sites is 1. The molecular weight excluding hydrogens is 240 g/mol. The molecule has 0 saturated heterocycles. The summed E-state index contributed by atoms with van der Waals surface area (Å²) in [4.78, 5) is 12.3. The summed E-state index contributed by atoms with van der Waals surface area (Å²) in [5.74, 6) is 0.711. The number of carbonyl (C=O) groups is 1. The first-order valence-corrected chi connectivity index (χ1v) is 6.34. The van der Waals surface area contributed by atoms with Crippen LogP contribution in [0.2, 0.25) is 0 Å². The van der Waals surface area contributed by atoms with Gasteiger partial charge in [-0.15, -0.1) is 0 Å². The fourth-order valence-corrected chi connectivity index (χ4v) is 2.11. The average molecular weight is 258 g/mol. The largest absolute Gasteiger partial charge is 0.361 e. The van der Waals surface area contributed by atoms with E-state index in [-0.39, 0.29) is 5.91 Å². The smallest absolute Gasteiger partial charge is 0.261 e. The molecule has 1 amide bonds. The summed E-state index contributed by atoms with van der Waals surface area (Å²) < 4.78 is 5.02. The number of nitrogens with one attached hydrogen (secondary N) is 1. The molecule has 0 unspecified atom stereocenters. The molecule has 0 fully saturated rings. The molecule has 1 heterocycles. The summed E-state index contributed by atoms with van der Waals surface area (Å²) >= 11 is 0. The van der Waals surface area contributed by atoms with Crippen molar-refractivity contribution in [3.8, 4) is 0 Å². The lowest BCUT2D eigenvalue weighted by molar-refractivity contribution is 0.102. The molecule has 0 aliphatic rings. The van der Waals surface area contributed by atoms with Crippen LogP contribution in [0.15, 0.2) is 28.8 Å². The van der Waals surface area contributed by atoms with Gasteiger partial charge in [0.2, 0.25) is 0 Å². The number of hydrogen-bond donors (Lipinski definition) is 1. The van der Waals surface area contributed by atoms with Crippen molar-refractivity contribution in [3.63, 3.8) is 0 Å². The second-order valence-corrected chi connectivity index (χ2v) is 4.90. The van der Waals surface area contributed by atoms with E-state index in [1.165, 1.54) is 0 Å². The molecule has 100 valence electrons. The van der Waals surface area contributed by atoms with Crippen LogP contribution in [-0.4, -0.2) is 11.1 Å². The fraction of sp³-hybridized carbons (Fsp3) is 0.333. The van der Waals surface area contributed by atoms with E-state index in [1.54, 1.807) is 13.8 Å². The number of rotatable bonds is 3. The molecule has 1 aromatic carbocycles. The number of aromatic nitrogens is 1. The minimum atomic E-state index is -0.177. The van der Waals surface area contributed by atoms with Crippen LogP contribution in [0, 0.1) is 13.8 Å². The van der Waals surface area contributed by atoms with Crippen LogP contribution < -0.4 is 5.32 Å². The molecule has 1 aromatic heterocycles. The van der Waals surface area contributed by atoms with Crippen LogP contribution in [-0.2, 0) is 0 Å². The molecule has 0 saturated carbocycles. The molecule has 4 heteroatoms. The molecule has 0 atom stereocenters. The predicted octanol–water partition coefficient (Wildman–Crippen LogP) is 3.67. The molecule has 2 rings (SSSR count). The molecule has 0 spiro atoms. The van der Waals surface area contributed by atoms with Gasteiger partial charge in [-0.1, -0.05) is 37.2 Å². The lowest BCUT2D eigenvalue weighted by Gasteiger charge is -2.13. The van der Waals surface area contributed by atoms with E-state index in [9.17, 15) is 4.79 Å². The lowest BCUT2D eigenvalue weighted by Crippen LogP contribution is -2.15. The van der Waals surface area contributed by atoms with Gasteiger partial charge in [0, 0.05) is 5.69 Å². The zero-order chi connectivity index (χ0) is 14.0. The summed E-state index contributed by atoms with van der Waals surface area (Å²) in [6, 6.07) is 7.81. The number of benzene rings is 1. The highest BCUT2D eigenvalue weighted by Gasteiger charge is 2.18. The summed E-state index contributed by atoms with van der Waals surface area (Å²) in [5.41, 5.74) is 3.07. The molecule has 2 aromatic rings. The third-order valence-corrected chi connectivity index (χ3v) is 3.09. The van der Waals surface area contributed by atoms with E-state index >= 15 is 0 Å². The fourth-order valence-electron chi connectivity index (χ4n) is 2.11. The molecule has 0 bridgehead atoms. The van der Waals surface area contributed by atoms with Gasteiger partial charge in [0.05, 0.1) is 5.69 Å². The Morgan fingerprint density at radius 1 is 1.26 bits per heavy atom. The number of carbonyl (C=O) groups excluding carboxylic acids is 1. The van der Waals surface area contributed by atoms with Gasteiger partial charge in [0.25, 0.3) is 5.91 Å². The zero-order valence-corrected chi connectivity index (χ0v) is 11.7. The van der Waals surface area contributed by atoms with Crippen molar-refractivity contribution < 1.29 is 9.32 Å². The average Bonchev–Trinajstić information content (AvgIpc) is 2.69. The molecular formula is C15H18N2O2. The van der Waals surface area contributed by atoms with Gasteiger partial charge in [-0.2, -0.15) is 0 Å². The Labute approximate surface area is 112 Å². The van der Waals surface area contributed by atoms with E-state index < -0.39 is 0 Å². The Kier molecular flexibility index (Phi) is 3.69. The van der Waals surface area contributed by atoms with E-state index in [0.717, 1.165) is 11.3 Å². The Morgan fingerprint density at radius 3 is 2.53 bits per heavy atom. The van der Waals surface area contributed by atoms with Crippen molar-refractivity contribution in [2.24, 2.45) is 0 Å². The lowest BCUT2D eigenvalue weighted by atomic mass is 10.0. The second-order valence-electron chi connectivity index (χ2n) is 4.90. The Balaban J connectivity index is 2.30. The van der Waals surface area contributed by atoms with Crippen molar-refractivity contribution in [1.82, 2.24) is 5.16 Å². The molecule has 1 N–H and O–H groups in total. The number of amides is 1. The van der Waals surface area contributed by atoms with E-state index in [2.05, 4.69) is 24.3 Å². The molecule has 19 heavy (non-hydrogen) atoms. The van der Waals surface area contributed by atoms with E-state index in [0.29, 0.717) is 22.9 Å². The maximum atomic E-state index is 12.3. The molecule has 4 nitrogen and oxygen atoms in total. The van der Waals surface area contributed by atoms with Crippen LogP contribution in [0.1, 0.15) is 47.1 Å². The van der Waals surface area contributed by atoms with Gasteiger partial charge in [-0.3, -0.25) is 4.79 Å². The highest BCUT2D eigenvalue weighted by molar-refractivity contribution is 6.06. The monoisotopic (exact) mass is 258 g/mol. The number of aryl methyl sites for hydroxylation is 2. The second kappa shape index (κ2) is 5.26. The molecule has 0 aliphatic heterocycles. The summed E-state index contributed by atoms with van der Waals surface area (Å²) in [6.07, 6.45) is 0. The van der Waals surface area contributed by atoms with Crippen molar-refractivity contribution >= 4 is 11.6 Å². The topological polar surface area (TPSA) is 55.1 Å². The van der Waals surface area contributed by atoms with E-state index in [4.69, 9.17) is 4.52 Å². The first-order chi connectivity index (χ1) is 9.00. The van der Waals surface area contributed by atoms with Crippen LogP contribution in [0.3, 0.4) is 0 Å². The summed E-state index contributed by atoms with van der Waals surface area (Å²) in [5, 5.41) is 6.74. The molecule has 0 radical (unpaired) electrons. The summed E-state index contributed by atoms with van der Waals surface area (Å²) in [6.45, 7) is 7.70. The van der Waals surface area contributed by atoms with Crippen LogP contribution in [0.25, 0.3) is 0 Å².